The highest BCUT2D eigenvalue weighted by atomic mass is 32.2. The molecular formula is C22H20N4O2S. The van der Waals surface area contributed by atoms with Crippen molar-refractivity contribution < 1.29 is 9.21 Å². The van der Waals surface area contributed by atoms with Crippen LogP contribution in [0.5, 0.6) is 0 Å². The van der Waals surface area contributed by atoms with Crippen molar-refractivity contribution in [2.45, 2.75) is 18.2 Å². The third-order valence-electron chi connectivity index (χ3n) is 4.31. The molecule has 4 aromatic rings. The molecule has 0 aliphatic rings. The number of furan rings is 1. The molecule has 1 N–H and O–H groups in total. The Morgan fingerprint density at radius 3 is 2.45 bits per heavy atom. The van der Waals surface area contributed by atoms with E-state index in [-0.39, 0.29) is 11.7 Å². The lowest BCUT2D eigenvalue weighted by Crippen LogP contribution is -2.24. The lowest BCUT2D eigenvalue weighted by atomic mass is 10.2. The Hall–Kier alpha value is -3.32. The highest BCUT2D eigenvalue weighted by molar-refractivity contribution is 7.99. The fourth-order valence-electron chi connectivity index (χ4n) is 2.87. The summed E-state index contributed by atoms with van der Waals surface area (Å²) >= 11 is 1.36. The number of aromatic nitrogens is 3. The molecule has 0 radical (unpaired) electrons. The molecule has 29 heavy (non-hydrogen) atoms. The largest absolute Gasteiger partial charge is 0.467 e. The first-order valence-electron chi connectivity index (χ1n) is 9.24. The normalized spacial score (nSPS) is 10.8. The van der Waals surface area contributed by atoms with Crippen LogP contribution in [0.1, 0.15) is 11.3 Å². The number of carbonyl (C=O) groups is 1. The van der Waals surface area contributed by atoms with E-state index in [2.05, 4.69) is 15.5 Å². The van der Waals surface area contributed by atoms with Gasteiger partial charge >= 0.3 is 0 Å². The van der Waals surface area contributed by atoms with Crippen LogP contribution in [-0.4, -0.2) is 26.4 Å². The zero-order chi connectivity index (χ0) is 19.9. The summed E-state index contributed by atoms with van der Waals surface area (Å²) in [4.78, 5) is 12.3. The van der Waals surface area contributed by atoms with Gasteiger partial charge in [-0.15, -0.1) is 10.2 Å². The zero-order valence-corrected chi connectivity index (χ0v) is 16.5. The Kier molecular flexibility index (Phi) is 6.07. The molecule has 2 heterocycles. The van der Waals surface area contributed by atoms with Gasteiger partial charge < -0.3 is 9.73 Å². The molecule has 0 aliphatic carbocycles. The molecule has 0 aliphatic heterocycles. The molecule has 0 atom stereocenters. The summed E-state index contributed by atoms with van der Waals surface area (Å²) < 4.78 is 7.48. The van der Waals surface area contributed by atoms with Crippen LogP contribution >= 0.6 is 11.8 Å². The highest BCUT2D eigenvalue weighted by Gasteiger charge is 2.16. The summed E-state index contributed by atoms with van der Waals surface area (Å²) in [5.41, 5.74) is 2.03. The minimum absolute atomic E-state index is 0.0485. The molecule has 0 saturated carbocycles. The van der Waals surface area contributed by atoms with Crippen LogP contribution in [0.3, 0.4) is 0 Å². The Labute approximate surface area is 173 Å². The van der Waals surface area contributed by atoms with Crippen LogP contribution in [0, 0.1) is 0 Å². The van der Waals surface area contributed by atoms with Crippen LogP contribution in [-0.2, 0) is 17.9 Å². The Bertz CT molecular complexity index is 1050. The zero-order valence-electron chi connectivity index (χ0n) is 15.7. The van der Waals surface area contributed by atoms with Crippen molar-refractivity contribution in [1.82, 2.24) is 20.1 Å². The maximum atomic E-state index is 12.3. The van der Waals surface area contributed by atoms with Crippen molar-refractivity contribution in [2.24, 2.45) is 0 Å². The number of hydrogen-bond donors (Lipinski definition) is 1. The molecule has 2 aromatic heterocycles. The average molecular weight is 404 g/mol. The molecule has 0 bridgehead atoms. The predicted molar refractivity (Wildman–Crippen MR) is 112 cm³/mol. The quantitative estimate of drug-likeness (QED) is 0.450. The van der Waals surface area contributed by atoms with Gasteiger partial charge in [-0.25, -0.2) is 0 Å². The maximum Gasteiger partial charge on any atom is 0.230 e. The molecular weight excluding hydrogens is 384 g/mol. The van der Waals surface area contributed by atoms with E-state index in [9.17, 15) is 4.79 Å². The summed E-state index contributed by atoms with van der Waals surface area (Å²) in [6.07, 6.45) is 1.64. The highest BCUT2D eigenvalue weighted by Crippen LogP contribution is 2.25. The van der Waals surface area contributed by atoms with Crippen LogP contribution in [0.25, 0.3) is 11.4 Å². The minimum atomic E-state index is -0.0485. The van der Waals surface area contributed by atoms with E-state index in [0.717, 1.165) is 22.7 Å². The number of benzene rings is 2. The van der Waals surface area contributed by atoms with Gasteiger partial charge in [-0.05, 0) is 17.7 Å². The van der Waals surface area contributed by atoms with Crippen LogP contribution in [0.4, 0.5) is 0 Å². The first-order chi connectivity index (χ1) is 14.3. The van der Waals surface area contributed by atoms with Gasteiger partial charge in [-0.3, -0.25) is 9.36 Å². The van der Waals surface area contributed by atoms with Crippen LogP contribution < -0.4 is 5.32 Å². The molecule has 1 amide bonds. The standard InChI is InChI=1S/C22H20N4O2S/c27-20(23-14-17-8-3-1-4-9-17)16-29-22-25-24-21(18-10-5-2-6-11-18)26(22)15-19-12-7-13-28-19/h1-13H,14-16H2,(H,23,27). The Morgan fingerprint density at radius 2 is 1.72 bits per heavy atom. The van der Waals surface area contributed by atoms with E-state index in [0.29, 0.717) is 18.2 Å². The molecule has 2 aromatic carbocycles. The van der Waals surface area contributed by atoms with E-state index >= 15 is 0 Å². The van der Waals surface area contributed by atoms with Crippen molar-refractivity contribution in [3.63, 3.8) is 0 Å². The average Bonchev–Trinajstić information content (AvgIpc) is 3.42. The number of rotatable bonds is 8. The van der Waals surface area contributed by atoms with Gasteiger partial charge in [-0.2, -0.15) is 0 Å². The van der Waals surface area contributed by atoms with E-state index in [1.165, 1.54) is 11.8 Å². The third kappa shape index (κ3) is 4.94. The molecule has 0 spiro atoms. The monoisotopic (exact) mass is 404 g/mol. The van der Waals surface area contributed by atoms with Crippen molar-refractivity contribution in [3.8, 4) is 11.4 Å². The van der Waals surface area contributed by atoms with Gasteiger partial charge in [0.05, 0.1) is 18.6 Å². The Morgan fingerprint density at radius 1 is 0.966 bits per heavy atom. The predicted octanol–water partition coefficient (Wildman–Crippen LogP) is 3.99. The van der Waals surface area contributed by atoms with Gasteiger partial charge in [0.25, 0.3) is 0 Å². The van der Waals surface area contributed by atoms with Crippen molar-refractivity contribution >= 4 is 17.7 Å². The van der Waals surface area contributed by atoms with Crippen molar-refractivity contribution in [3.05, 3.63) is 90.4 Å². The van der Waals surface area contributed by atoms with Gasteiger partial charge in [0, 0.05) is 12.1 Å². The second kappa shape index (κ2) is 9.25. The third-order valence-corrected chi connectivity index (χ3v) is 5.27. The van der Waals surface area contributed by atoms with Gasteiger partial charge in [0.1, 0.15) is 5.76 Å². The molecule has 7 heteroatoms. The van der Waals surface area contributed by atoms with E-state index < -0.39 is 0 Å². The molecule has 0 saturated heterocycles. The van der Waals surface area contributed by atoms with Gasteiger partial charge in [0.15, 0.2) is 11.0 Å². The topological polar surface area (TPSA) is 73.0 Å². The number of thioether (sulfide) groups is 1. The molecule has 146 valence electrons. The smallest absolute Gasteiger partial charge is 0.230 e. The van der Waals surface area contributed by atoms with Crippen LogP contribution in [0.15, 0.2) is 88.6 Å². The second-order valence-electron chi connectivity index (χ2n) is 6.39. The fourth-order valence-corrected chi connectivity index (χ4v) is 3.64. The summed E-state index contributed by atoms with van der Waals surface area (Å²) in [5, 5.41) is 12.3. The summed E-state index contributed by atoms with van der Waals surface area (Å²) in [5.74, 6) is 1.76. The summed E-state index contributed by atoms with van der Waals surface area (Å²) in [7, 11) is 0. The lowest BCUT2D eigenvalue weighted by Gasteiger charge is -2.09. The van der Waals surface area contributed by atoms with Crippen LogP contribution in [0.2, 0.25) is 0 Å². The van der Waals surface area contributed by atoms with Gasteiger partial charge in [-0.1, -0.05) is 72.4 Å². The number of nitrogens with zero attached hydrogens (tertiary/aromatic N) is 3. The first kappa shape index (κ1) is 19.0. The molecule has 0 unspecified atom stereocenters. The number of nitrogens with one attached hydrogen (secondary N) is 1. The van der Waals surface area contributed by atoms with Gasteiger partial charge in [0.2, 0.25) is 5.91 Å². The number of hydrogen-bond acceptors (Lipinski definition) is 5. The maximum absolute atomic E-state index is 12.3. The van der Waals surface area contributed by atoms with Crippen molar-refractivity contribution in [1.29, 1.82) is 0 Å². The SMILES string of the molecule is O=C(CSc1nnc(-c2ccccc2)n1Cc1ccco1)NCc1ccccc1. The van der Waals surface area contributed by atoms with E-state index in [1.807, 2.05) is 77.4 Å². The fraction of sp³-hybridized carbons (Fsp3) is 0.136. The number of carbonyl (C=O) groups excluding carboxylic acids is 1. The Balaban J connectivity index is 1.46. The summed E-state index contributed by atoms with van der Waals surface area (Å²) in [6, 6.07) is 23.5. The number of amides is 1. The van der Waals surface area contributed by atoms with E-state index in [1.54, 1.807) is 6.26 Å². The van der Waals surface area contributed by atoms with Crippen molar-refractivity contribution in [2.75, 3.05) is 5.75 Å². The minimum Gasteiger partial charge on any atom is -0.467 e. The molecule has 0 fully saturated rings. The lowest BCUT2D eigenvalue weighted by molar-refractivity contribution is -0.118. The first-order valence-corrected chi connectivity index (χ1v) is 10.2. The molecule has 6 nitrogen and oxygen atoms in total. The van der Waals surface area contributed by atoms with E-state index in [4.69, 9.17) is 4.42 Å². The summed E-state index contributed by atoms with van der Waals surface area (Å²) in [6.45, 7) is 1.01. The second-order valence-corrected chi connectivity index (χ2v) is 7.33. The molecule has 4 rings (SSSR count).